The van der Waals surface area contributed by atoms with Gasteiger partial charge in [0.15, 0.2) is 5.65 Å². The lowest BCUT2D eigenvalue weighted by atomic mass is 9.96. The van der Waals surface area contributed by atoms with Crippen LogP contribution in [0.15, 0.2) is 29.1 Å². The second-order valence-corrected chi connectivity index (χ2v) is 7.72. The zero-order chi connectivity index (χ0) is 21.6. The highest BCUT2D eigenvalue weighted by atomic mass is 19.4. The molecule has 1 atom stereocenters. The van der Waals surface area contributed by atoms with E-state index in [1.54, 1.807) is 13.0 Å². The van der Waals surface area contributed by atoms with Crippen LogP contribution in [0.2, 0.25) is 0 Å². The minimum atomic E-state index is -4.41. The van der Waals surface area contributed by atoms with Gasteiger partial charge in [-0.15, -0.1) is 0 Å². The molecule has 0 saturated carbocycles. The van der Waals surface area contributed by atoms with Gasteiger partial charge < -0.3 is 9.64 Å². The van der Waals surface area contributed by atoms with E-state index >= 15 is 0 Å². The Labute approximate surface area is 171 Å². The summed E-state index contributed by atoms with van der Waals surface area (Å²) in [4.78, 5) is 19.4. The third-order valence-electron chi connectivity index (χ3n) is 5.59. The molecule has 3 heterocycles. The molecule has 160 valence electrons. The normalized spacial score (nSPS) is 17.7. The molecule has 0 radical (unpaired) electrons. The first kappa shape index (κ1) is 20.5. The molecule has 6 nitrogen and oxygen atoms in total. The predicted octanol–water partition coefficient (Wildman–Crippen LogP) is 3.47. The lowest BCUT2D eigenvalue weighted by molar-refractivity contribution is -0.138. The van der Waals surface area contributed by atoms with E-state index in [0.29, 0.717) is 48.0 Å². The maximum Gasteiger partial charge on any atom is 0.416 e. The predicted molar refractivity (Wildman–Crippen MR) is 107 cm³/mol. The number of aromatic nitrogens is 3. The van der Waals surface area contributed by atoms with E-state index in [4.69, 9.17) is 9.72 Å². The van der Waals surface area contributed by atoms with Crippen molar-refractivity contribution in [2.45, 2.75) is 39.5 Å². The molecule has 1 N–H and O–H groups in total. The van der Waals surface area contributed by atoms with Gasteiger partial charge in [-0.25, -0.2) is 9.50 Å². The number of benzene rings is 1. The number of fused-ring (bicyclic) bond motifs is 1. The van der Waals surface area contributed by atoms with Crippen molar-refractivity contribution in [1.82, 2.24) is 14.6 Å². The fourth-order valence-electron chi connectivity index (χ4n) is 3.96. The highest BCUT2D eigenvalue weighted by Crippen LogP contribution is 2.34. The van der Waals surface area contributed by atoms with Crippen LogP contribution < -0.4 is 10.5 Å². The average molecular weight is 420 g/mol. The van der Waals surface area contributed by atoms with Crippen molar-refractivity contribution in [2.75, 3.05) is 24.6 Å². The molecule has 0 aliphatic carbocycles. The number of H-pyrrole nitrogens is 1. The number of hydrogen-bond acceptors (Lipinski definition) is 4. The third-order valence-corrected chi connectivity index (χ3v) is 5.59. The van der Waals surface area contributed by atoms with Crippen molar-refractivity contribution in [2.24, 2.45) is 0 Å². The van der Waals surface area contributed by atoms with Crippen LogP contribution in [0.25, 0.3) is 5.65 Å². The monoisotopic (exact) mass is 420 g/mol. The summed E-state index contributed by atoms with van der Waals surface area (Å²) in [5, 5.41) is 3.00. The number of aromatic amines is 1. The summed E-state index contributed by atoms with van der Waals surface area (Å²) in [5.41, 5.74) is 1.67. The van der Waals surface area contributed by atoms with Gasteiger partial charge in [0.25, 0.3) is 5.56 Å². The van der Waals surface area contributed by atoms with Gasteiger partial charge >= 0.3 is 6.18 Å². The number of aryl methyl sites for hydroxylation is 1. The molecule has 2 aromatic heterocycles. The Kier molecular flexibility index (Phi) is 5.09. The molecule has 1 aliphatic heterocycles. The summed E-state index contributed by atoms with van der Waals surface area (Å²) in [5.74, 6) is 0.552. The Morgan fingerprint density at radius 3 is 2.77 bits per heavy atom. The van der Waals surface area contributed by atoms with Crippen LogP contribution in [0.4, 0.5) is 19.0 Å². The minimum absolute atomic E-state index is 0.0270. The smallest absolute Gasteiger partial charge is 0.375 e. The number of morpholine rings is 1. The van der Waals surface area contributed by atoms with Crippen LogP contribution >= 0.6 is 0 Å². The summed E-state index contributed by atoms with van der Waals surface area (Å²) in [6, 6.07) is 5.65. The largest absolute Gasteiger partial charge is 0.416 e. The molecule has 4 rings (SSSR count). The van der Waals surface area contributed by atoms with Crippen molar-refractivity contribution in [3.8, 4) is 0 Å². The Morgan fingerprint density at radius 1 is 1.30 bits per heavy atom. The highest BCUT2D eigenvalue weighted by molar-refractivity contribution is 5.57. The average Bonchev–Trinajstić information content (AvgIpc) is 2.98. The van der Waals surface area contributed by atoms with E-state index in [-0.39, 0.29) is 23.6 Å². The zero-order valence-electron chi connectivity index (χ0n) is 17.0. The first-order valence-corrected chi connectivity index (χ1v) is 9.78. The van der Waals surface area contributed by atoms with Crippen LogP contribution in [0.5, 0.6) is 0 Å². The van der Waals surface area contributed by atoms with Gasteiger partial charge in [0.05, 0.1) is 18.3 Å². The summed E-state index contributed by atoms with van der Waals surface area (Å²) < 4.78 is 46.8. The van der Waals surface area contributed by atoms with Crippen molar-refractivity contribution in [1.29, 1.82) is 0 Å². The van der Waals surface area contributed by atoms with Gasteiger partial charge in [-0.1, -0.05) is 12.1 Å². The molecule has 0 bridgehead atoms. The molecule has 0 amide bonds. The van der Waals surface area contributed by atoms with E-state index in [9.17, 15) is 18.0 Å². The number of nitrogens with one attached hydrogen (secondary N) is 1. The summed E-state index contributed by atoms with van der Waals surface area (Å²) >= 11 is 0. The van der Waals surface area contributed by atoms with E-state index in [2.05, 4.69) is 5.10 Å². The van der Waals surface area contributed by atoms with Gasteiger partial charge in [-0.05, 0) is 38.0 Å². The van der Waals surface area contributed by atoms with Gasteiger partial charge in [0.1, 0.15) is 5.82 Å². The van der Waals surface area contributed by atoms with Gasteiger partial charge in [0, 0.05) is 36.8 Å². The fraction of sp³-hybridized carbons (Fsp3) is 0.429. The number of nitrogens with zero attached hydrogens (tertiary/aromatic N) is 3. The fourth-order valence-corrected chi connectivity index (χ4v) is 3.96. The zero-order valence-corrected chi connectivity index (χ0v) is 17.0. The maximum absolute atomic E-state index is 13.3. The second-order valence-electron chi connectivity index (χ2n) is 7.72. The molecule has 1 aliphatic rings. The van der Waals surface area contributed by atoms with Crippen molar-refractivity contribution in [3.63, 3.8) is 0 Å². The molecule has 3 aromatic rings. The number of halogens is 3. The van der Waals surface area contributed by atoms with E-state index in [1.165, 1.54) is 23.6 Å². The molecular weight excluding hydrogens is 397 g/mol. The summed E-state index contributed by atoms with van der Waals surface area (Å²) in [6.07, 6.45) is -4.14. The van der Waals surface area contributed by atoms with E-state index in [1.807, 2.05) is 11.8 Å². The first-order valence-electron chi connectivity index (χ1n) is 9.78. The first-order chi connectivity index (χ1) is 14.1. The molecule has 1 aromatic carbocycles. The van der Waals surface area contributed by atoms with Crippen molar-refractivity contribution < 1.29 is 17.9 Å². The number of anilines is 1. The van der Waals surface area contributed by atoms with Crippen LogP contribution in [-0.2, 0) is 17.3 Å². The number of ether oxygens (including phenoxy) is 1. The van der Waals surface area contributed by atoms with Crippen molar-refractivity contribution in [3.05, 3.63) is 62.6 Å². The topological polar surface area (TPSA) is 62.6 Å². The van der Waals surface area contributed by atoms with Gasteiger partial charge in [-0.2, -0.15) is 13.2 Å². The third kappa shape index (κ3) is 3.69. The summed E-state index contributed by atoms with van der Waals surface area (Å²) in [7, 11) is 0. The summed E-state index contributed by atoms with van der Waals surface area (Å²) in [6.45, 7) is 7.02. The Hall–Kier alpha value is -2.81. The van der Waals surface area contributed by atoms with Crippen LogP contribution in [0.1, 0.15) is 34.9 Å². The SMILES string of the molecule is Cc1[nH]n2c(=O)cc(N3CCOC(C)C3)nc2c1Cc1cccc(C(F)(F)F)c1C. The molecule has 1 unspecified atom stereocenters. The van der Waals surface area contributed by atoms with Crippen LogP contribution in [0.3, 0.4) is 0 Å². The number of hydrogen-bond donors (Lipinski definition) is 1. The van der Waals surface area contributed by atoms with Crippen molar-refractivity contribution >= 4 is 11.5 Å². The molecule has 30 heavy (non-hydrogen) atoms. The molecule has 1 saturated heterocycles. The second kappa shape index (κ2) is 7.46. The Balaban J connectivity index is 1.78. The van der Waals surface area contributed by atoms with Crippen LogP contribution in [-0.4, -0.2) is 40.4 Å². The quantitative estimate of drug-likeness (QED) is 0.705. The van der Waals surface area contributed by atoms with E-state index in [0.717, 1.165) is 6.07 Å². The molecule has 9 heteroatoms. The molecular formula is C21H23F3N4O2. The van der Waals surface area contributed by atoms with E-state index < -0.39 is 11.7 Å². The van der Waals surface area contributed by atoms with Crippen LogP contribution in [0, 0.1) is 13.8 Å². The van der Waals surface area contributed by atoms with Gasteiger partial charge in [0.2, 0.25) is 0 Å². The lowest BCUT2D eigenvalue weighted by Gasteiger charge is -2.31. The van der Waals surface area contributed by atoms with Gasteiger partial charge in [-0.3, -0.25) is 9.89 Å². The Bertz CT molecular complexity index is 1150. The molecule has 0 spiro atoms. The maximum atomic E-state index is 13.3. The minimum Gasteiger partial charge on any atom is -0.375 e. The lowest BCUT2D eigenvalue weighted by Crippen LogP contribution is -2.42. The molecule has 1 fully saturated rings. The Morgan fingerprint density at radius 2 is 2.07 bits per heavy atom. The standard InChI is InChI=1S/C21H23F3N4O2/c1-12-11-27(7-8-30-12)18-10-19(29)28-20(25-18)16(14(3)26-28)9-15-5-4-6-17(13(15)2)21(22,23)24/h4-6,10,12,26H,7-9,11H2,1-3H3. The highest BCUT2D eigenvalue weighted by Gasteiger charge is 2.33. The number of alkyl halides is 3. The number of rotatable bonds is 3.